The third kappa shape index (κ3) is 2.01. The smallest absolute Gasteiger partial charge is 0.237 e. The van der Waals surface area contributed by atoms with Crippen LogP contribution in [0.1, 0.15) is 12.8 Å². The van der Waals surface area contributed by atoms with Gasteiger partial charge in [0.05, 0.1) is 0 Å². The monoisotopic (exact) mass is 162 g/mol. The summed E-state index contributed by atoms with van der Waals surface area (Å²) in [6, 6.07) is 0. The Morgan fingerprint density at radius 2 is 2.00 bits per heavy atom. The van der Waals surface area contributed by atoms with E-state index in [0.717, 1.165) is 12.8 Å². The highest BCUT2D eigenvalue weighted by molar-refractivity contribution is 5.85. The summed E-state index contributed by atoms with van der Waals surface area (Å²) in [6.07, 6.45) is 5.67. The number of nitrogens with two attached hydrogens (primary N) is 1. The van der Waals surface area contributed by atoms with E-state index in [1.54, 1.807) is 0 Å². The van der Waals surface area contributed by atoms with Crippen molar-refractivity contribution in [2.24, 2.45) is 11.8 Å². The zero-order valence-corrected chi connectivity index (χ0v) is 6.36. The minimum absolute atomic E-state index is 0. The molecular weight excluding hydrogens is 152 g/mol. The molecule has 0 saturated carbocycles. The first-order valence-electron chi connectivity index (χ1n) is 3.00. The van der Waals surface area contributed by atoms with Crippen molar-refractivity contribution in [3.8, 4) is 0 Å². The van der Waals surface area contributed by atoms with E-state index in [9.17, 15) is 4.79 Å². The van der Waals surface area contributed by atoms with E-state index in [0.29, 0.717) is 0 Å². The molecule has 0 spiro atoms. The second-order valence-electron chi connectivity index (χ2n) is 2.15. The molecule has 0 saturated heterocycles. The lowest BCUT2D eigenvalue weighted by Crippen LogP contribution is -2.34. The van der Waals surface area contributed by atoms with Gasteiger partial charge in [0.1, 0.15) is 0 Å². The van der Waals surface area contributed by atoms with E-state index in [1.165, 1.54) is 0 Å². The third-order valence-electron chi connectivity index (χ3n) is 1.52. The number of hydrogen-bond acceptors (Lipinski definition) is 2. The largest absolute Gasteiger partial charge is 0.294 e. The van der Waals surface area contributed by atoms with Gasteiger partial charge < -0.3 is 0 Å². The average Bonchev–Trinajstić information content (AvgIpc) is 2.37. The van der Waals surface area contributed by atoms with Crippen LogP contribution in [0.3, 0.4) is 0 Å². The molecule has 0 aromatic heterocycles. The van der Waals surface area contributed by atoms with E-state index in [1.807, 2.05) is 12.2 Å². The van der Waals surface area contributed by atoms with Crippen LogP contribution in [0.25, 0.3) is 0 Å². The molecule has 0 heterocycles. The van der Waals surface area contributed by atoms with E-state index < -0.39 is 0 Å². The lowest BCUT2D eigenvalue weighted by Gasteiger charge is -2.04. The molecule has 0 aromatic carbocycles. The van der Waals surface area contributed by atoms with Crippen LogP contribution in [0.2, 0.25) is 0 Å². The number of hydrazine groups is 1. The molecule has 0 unspecified atom stereocenters. The van der Waals surface area contributed by atoms with Crippen molar-refractivity contribution in [3.05, 3.63) is 12.2 Å². The second kappa shape index (κ2) is 4.30. The fraction of sp³-hybridized carbons (Fsp3) is 0.500. The summed E-state index contributed by atoms with van der Waals surface area (Å²) in [5, 5.41) is 0. The van der Waals surface area contributed by atoms with Crippen LogP contribution < -0.4 is 11.3 Å². The van der Waals surface area contributed by atoms with Gasteiger partial charge in [-0.2, -0.15) is 0 Å². The number of rotatable bonds is 1. The van der Waals surface area contributed by atoms with Gasteiger partial charge in [-0.15, -0.1) is 12.4 Å². The maximum absolute atomic E-state index is 10.7. The van der Waals surface area contributed by atoms with Gasteiger partial charge in [-0.05, 0) is 12.8 Å². The Labute approximate surface area is 66.0 Å². The quantitative estimate of drug-likeness (QED) is 0.253. The van der Waals surface area contributed by atoms with Crippen LogP contribution in [0.5, 0.6) is 0 Å². The number of allylic oxidation sites excluding steroid dienone is 2. The van der Waals surface area contributed by atoms with Gasteiger partial charge in [-0.25, -0.2) is 5.84 Å². The second-order valence-corrected chi connectivity index (χ2v) is 2.15. The summed E-state index contributed by atoms with van der Waals surface area (Å²) >= 11 is 0. The summed E-state index contributed by atoms with van der Waals surface area (Å²) < 4.78 is 0. The van der Waals surface area contributed by atoms with E-state index in [4.69, 9.17) is 5.84 Å². The van der Waals surface area contributed by atoms with Crippen molar-refractivity contribution < 1.29 is 4.79 Å². The standard InChI is InChI=1S/C6H10N2O.ClH/c7-8-6(9)5-3-1-2-4-5;/h1-2,5H,3-4,7H2,(H,8,9);1H. The Bertz CT molecular complexity index is 139. The maximum Gasteiger partial charge on any atom is 0.237 e. The van der Waals surface area contributed by atoms with Crippen LogP contribution in [0.15, 0.2) is 12.2 Å². The molecular formula is C6H11ClN2O. The highest BCUT2D eigenvalue weighted by atomic mass is 35.5. The molecule has 3 nitrogen and oxygen atoms in total. The first-order valence-corrected chi connectivity index (χ1v) is 3.00. The van der Waals surface area contributed by atoms with E-state index in [-0.39, 0.29) is 24.2 Å². The first kappa shape index (κ1) is 9.46. The Hall–Kier alpha value is -0.540. The number of amides is 1. The highest BCUT2D eigenvalue weighted by Crippen LogP contribution is 2.16. The SMILES string of the molecule is Cl.NNC(=O)C1CC=CC1. The summed E-state index contributed by atoms with van der Waals surface area (Å²) in [6.45, 7) is 0. The maximum atomic E-state index is 10.7. The molecule has 4 heteroatoms. The average molecular weight is 163 g/mol. The Morgan fingerprint density at radius 3 is 2.40 bits per heavy atom. The molecule has 10 heavy (non-hydrogen) atoms. The first-order chi connectivity index (χ1) is 4.34. The number of hydrogen-bond donors (Lipinski definition) is 2. The van der Waals surface area contributed by atoms with Crippen molar-refractivity contribution >= 4 is 18.3 Å². The number of carbonyl (C=O) groups excluding carboxylic acids is 1. The Balaban J connectivity index is 0.000000810. The molecule has 0 aliphatic heterocycles. The van der Waals surface area contributed by atoms with Crippen LogP contribution in [0, 0.1) is 5.92 Å². The van der Waals surface area contributed by atoms with Crippen molar-refractivity contribution in [1.29, 1.82) is 0 Å². The fourth-order valence-electron chi connectivity index (χ4n) is 0.949. The van der Waals surface area contributed by atoms with Crippen molar-refractivity contribution in [2.45, 2.75) is 12.8 Å². The molecule has 0 radical (unpaired) electrons. The molecule has 1 aliphatic carbocycles. The zero-order valence-electron chi connectivity index (χ0n) is 5.54. The van der Waals surface area contributed by atoms with Gasteiger partial charge in [-0.3, -0.25) is 10.2 Å². The predicted molar refractivity (Wildman–Crippen MR) is 41.4 cm³/mol. The zero-order chi connectivity index (χ0) is 6.69. The van der Waals surface area contributed by atoms with Crippen molar-refractivity contribution in [2.75, 3.05) is 0 Å². The van der Waals surface area contributed by atoms with Crippen molar-refractivity contribution in [3.63, 3.8) is 0 Å². The van der Waals surface area contributed by atoms with Gasteiger partial charge in [0.25, 0.3) is 0 Å². The Morgan fingerprint density at radius 1 is 1.50 bits per heavy atom. The summed E-state index contributed by atoms with van der Waals surface area (Å²) in [4.78, 5) is 10.7. The molecule has 0 fully saturated rings. The molecule has 58 valence electrons. The van der Waals surface area contributed by atoms with Crippen LogP contribution in [-0.4, -0.2) is 5.91 Å². The van der Waals surface area contributed by atoms with E-state index in [2.05, 4.69) is 5.43 Å². The number of nitrogens with one attached hydrogen (secondary N) is 1. The van der Waals surface area contributed by atoms with Crippen LogP contribution >= 0.6 is 12.4 Å². The van der Waals surface area contributed by atoms with Gasteiger partial charge in [0.15, 0.2) is 0 Å². The summed E-state index contributed by atoms with van der Waals surface area (Å²) in [7, 11) is 0. The number of carbonyl (C=O) groups is 1. The summed E-state index contributed by atoms with van der Waals surface area (Å²) in [5.41, 5.74) is 2.13. The summed E-state index contributed by atoms with van der Waals surface area (Å²) in [5.74, 6) is 4.96. The van der Waals surface area contributed by atoms with E-state index >= 15 is 0 Å². The lowest BCUT2D eigenvalue weighted by molar-refractivity contribution is -0.124. The van der Waals surface area contributed by atoms with Crippen molar-refractivity contribution in [1.82, 2.24) is 5.43 Å². The number of halogens is 1. The van der Waals surface area contributed by atoms with Gasteiger partial charge in [0, 0.05) is 5.92 Å². The molecule has 1 rings (SSSR count). The topological polar surface area (TPSA) is 55.1 Å². The molecule has 1 amide bonds. The minimum atomic E-state index is -0.0556. The van der Waals surface area contributed by atoms with Gasteiger partial charge in [-0.1, -0.05) is 12.2 Å². The van der Waals surface area contributed by atoms with Gasteiger partial charge in [0.2, 0.25) is 5.91 Å². The third-order valence-corrected chi connectivity index (χ3v) is 1.52. The highest BCUT2D eigenvalue weighted by Gasteiger charge is 2.17. The molecule has 0 atom stereocenters. The van der Waals surface area contributed by atoms with Gasteiger partial charge >= 0.3 is 0 Å². The minimum Gasteiger partial charge on any atom is -0.294 e. The molecule has 0 aromatic rings. The molecule has 1 aliphatic rings. The molecule has 0 bridgehead atoms. The fourth-order valence-corrected chi connectivity index (χ4v) is 0.949. The normalized spacial score (nSPS) is 16.5. The molecule has 3 N–H and O–H groups in total. The predicted octanol–water partition coefficient (Wildman–Crippen LogP) is 0.364. The lowest BCUT2D eigenvalue weighted by atomic mass is 10.1. The van der Waals surface area contributed by atoms with Crippen LogP contribution in [0.4, 0.5) is 0 Å². The Kier molecular flexibility index (Phi) is 4.07. The van der Waals surface area contributed by atoms with Crippen LogP contribution in [-0.2, 0) is 4.79 Å².